The SMILES string of the molecule is COc1cc(C(=O)c2cnccc2N)ccc1F. The summed E-state index contributed by atoms with van der Waals surface area (Å²) >= 11 is 0. The molecule has 0 aliphatic carbocycles. The first-order valence-corrected chi connectivity index (χ1v) is 5.21. The van der Waals surface area contributed by atoms with Gasteiger partial charge in [0, 0.05) is 23.6 Å². The smallest absolute Gasteiger partial charge is 0.196 e. The monoisotopic (exact) mass is 246 g/mol. The average molecular weight is 246 g/mol. The fourth-order valence-corrected chi connectivity index (χ4v) is 1.55. The Labute approximate surface area is 103 Å². The van der Waals surface area contributed by atoms with Crippen LogP contribution in [-0.4, -0.2) is 17.9 Å². The maximum Gasteiger partial charge on any atom is 0.196 e. The van der Waals surface area contributed by atoms with E-state index in [2.05, 4.69) is 4.98 Å². The van der Waals surface area contributed by atoms with Gasteiger partial charge in [-0.2, -0.15) is 0 Å². The Morgan fingerprint density at radius 1 is 1.39 bits per heavy atom. The van der Waals surface area contributed by atoms with Crippen LogP contribution in [0.1, 0.15) is 15.9 Å². The Kier molecular flexibility index (Phi) is 3.23. The van der Waals surface area contributed by atoms with E-state index in [-0.39, 0.29) is 17.1 Å². The lowest BCUT2D eigenvalue weighted by Crippen LogP contribution is -2.06. The number of halogens is 1. The number of nitrogen functional groups attached to an aromatic ring is 1. The van der Waals surface area contributed by atoms with Gasteiger partial charge in [-0.25, -0.2) is 4.39 Å². The van der Waals surface area contributed by atoms with Crippen LogP contribution < -0.4 is 10.5 Å². The Morgan fingerprint density at radius 3 is 2.83 bits per heavy atom. The van der Waals surface area contributed by atoms with E-state index >= 15 is 0 Å². The molecule has 0 fully saturated rings. The summed E-state index contributed by atoms with van der Waals surface area (Å²) < 4.78 is 18.1. The number of benzene rings is 1. The van der Waals surface area contributed by atoms with E-state index in [1.54, 1.807) is 0 Å². The first kappa shape index (κ1) is 12.0. The van der Waals surface area contributed by atoms with Crippen LogP contribution in [0.4, 0.5) is 10.1 Å². The highest BCUT2D eigenvalue weighted by Crippen LogP contribution is 2.21. The van der Waals surface area contributed by atoms with Crippen LogP contribution in [0.15, 0.2) is 36.7 Å². The quantitative estimate of drug-likeness (QED) is 0.842. The molecule has 4 nitrogen and oxygen atoms in total. The van der Waals surface area contributed by atoms with Crippen molar-refractivity contribution in [3.05, 3.63) is 53.6 Å². The number of ketones is 1. The van der Waals surface area contributed by atoms with Gasteiger partial charge in [0.25, 0.3) is 0 Å². The zero-order valence-corrected chi connectivity index (χ0v) is 9.68. The van der Waals surface area contributed by atoms with Crippen LogP contribution in [0.25, 0.3) is 0 Å². The molecule has 0 spiro atoms. The van der Waals surface area contributed by atoms with Gasteiger partial charge in [-0.1, -0.05) is 0 Å². The van der Waals surface area contributed by atoms with Crippen LogP contribution in [-0.2, 0) is 0 Å². The van der Waals surface area contributed by atoms with Crippen molar-refractivity contribution in [2.24, 2.45) is 0 Å². The molecule has 0 aliphatic heterocycles. The van der Waals surface area contributed by atoms with Gasteiger partial charge in [-0.3, -0.25) is 9.78 Å². The second kappa shape index (κ2) is 4.83. The van der Waals surface area contributed by atoms with Crippen molar-refractivity contribution in [2.75, 3.05) is 12.8 Å². The molecule has 0 amide bonds. The molecule has 5 heteroatoms. The summed E-state index contributed by atoms with van der Waals surface area (Å²) in [7, 11) is 1.34. The summed E-state index contributed by atoms with van der Waals surface area (Å²) in [5.74, 6) is -0.824. The van der Waals surface area contributed by atoms with E-state index in [9.17, 15) is 9.18 Å². The van der Waals surface area contributed by atoms with Gasteiger partial charge in [-0.05, 0) is 24.3 Å². The van der Waals surface area contributed by atoms with Crippen LogP contribution in [0.5, 0.6) is 5.75 Å². The molecular formula is C13H11FN2O2. The highest BCUT2D eigenvalue weighted by molar-refractivity contribution is 6.12. The highest BCUT2D eigenvalue weighted by atomic mass is 19.1. The van der Waals surface area contributed by atoms with Crippen LogP contribution >= 0.6 is 0 Å². The third-order valence-corrected chi connectivity index (χ3v) is 2.51. The second-order valence-corrected chi connectivity index (χ2v) is 3.64. The Balaban J connectivity index is 2.44. The zero-order valence-electron chi connectivity index (χ0n) is 9.68. The molecule has 0 bridgehead atoms. The summed E-state index contributed by atoms with van der Waals surface area (Å²) in [6.45, 7) is 0. The van der Waals surface area contributed by atoms with Crippen molar-refractivity contribution in [1.29, 1.82) is 0 Å². The molecule has 92 valence electrons. The van der Waals surface area contributed by atoms with Gasteiger partial charge in [0.15, 0.2) is 17.3 Å². The Bertz CT molecular complexity index is 599. The van der Waals surface area contributed by atoms with Crippen LogP contribution in [0, 0.1) is 5.82 Å². The predicted molar refractivity (Wildman–Crippen MR) is 65.0 cm³/mol. The molecule has 1 aromatic carbocycles. The summed E-state index contributed by atoms with van der Waals surface area (Å²) in [6, 6.07) is 5.43. The molecule has 18 heavy (non-hydrogen) atoms. The molecule has 1 aromatic heterocycles. The number of pyridine rings is 1. The lowest BCUT2D eigenvalue weighted by Gasteiger charge is -2.06. The third kappa shape index (κ3) is 2.15. The minimum Gasteiger partial charge on any atom is -0.494 e. The molecule has 2 N–H and O–H groups in total. The largest absolute Gasteiger partial charge is 0.494 e. The Hall–Kier alpha value is -2.43. The molecule has 1 heterocycles. The predicted octanol–water partition coefficient (Wildman–Crippen LogP) is 2.04. The first-order valence-electron chi connectivity index (χ1n) is 5.21. The van der Waals surface area contributed by atoms with E-state index in [1.807, 2.05) is 0 Å². The van der Waals surface area contributed by atoms with E-state index in [1.165, 1.54) is 43.8 Å². The van der Waals surface area contributed by atoms with E-state index in [4.69, 9.17) is 10.5 Å². The molecule has 2 aromatic rings. The number of carbonyl (C=O) groups excluding carboxylic acids is 1. The molecule has 0 atom stereocenters. The lowest BCUT2D eigenvalue weighted by atomic mass is 10.0. The number of hydrogen-bond donors (Lipinski definition) is 1. The fraction of sp³-hybridized carbons (Fsp3) is 0.0769. The molecule has 2 rings (SSSR count). The summed E-state index contributed by atoms with van der Waals surface area (Å²) in [5, 5.41) is 0. The van der Waals surface area contributed by atoms with E-state index < -0.39 is 5.82 Å². The minimum atomic E-state index is -0.520. The van der Waals surface area contributed by atoms with Crippen molar-refractivity contribution in [1.82, 2.24) is 4.98 Å². The molecule has 0 unspecified atom stereocenters. The number of rotatable bonds is 3. The van der Waals surface area contributed by atoms with E-state index in [0.717, 1.165) is 0 Å². The van der Waals surface area contributed by atoms with Crippen molar-refractivity contribution < 1.29 is 13.9 Å². The van der Waals surface area contributed by atoms with Gasteiger partial charge in [-0.15, -0.1) is 0 Å². The van der Waals surface area contributed by atoms with Crippen LogP contribution in [0.2, 0.25) is 0 Å². The van der Waals surface area contributed by atoms with Crippen molar-refractivity contribution in [2.45, 2.75) is 0 Å². The Morgan fingerprint density at radius 2 is 2.17 bits per heavy atom. The number of ether oxygens (including phenoxy) is 1. The number of anilines is 1. The average Bonchev–Trinajstić information content (AvgIpc) is 2.39. The van der Waals surface area contributed by atoms with Crippen molar-refractivity contribution in [3.63, 3.8) is 0 Å². The van der Waals surface area contributed by atoms with Gasteiger partial charge < -0.3 is 10.5 Å². The van der Waals surface area contributed by atoms with Gasteiger partial charge in [0.2, 0.25) is 0 Å². The molecular weight excluding hydrogens is 235 g/mol. The summed E-state index contributed by atoms with van der Waals surface area (Å²) in [5.41, 5.74) is 6.61. The highest BCUT2D eigenvalue weighted by Gasteiger charge is 2.14. The molecule has 0 saturated heterocycles. The normalized spacial score (nSPS) is 10.1. The summed E-state index contributed by atoms with van der Waals surface area (Å²) in [4.78, 5) is 16.0. The zero-order chi connectivity index (χ0) is 13.1. The third-order valence-electron chi connectivity index (χ3n) is 2.51. The number of methoxy groups -OCH3 is 1. The van der Waals surface area contributed by atoms with Gasteiger partial charge >= 0.3 is 0 Å². The number of hydrogen-bond acceptors (Lipinski definition) is 4. The maximum absolute atomic E-state index is 13.2. The number of aromatic nitrogens is 1. The molecule has 0 radical (unpaired) electrons. The number of nitrogens with zero attached hydrogens (tertiary/aromatic N) is 1. The second-order valence-electron chi connectivity index (χ2n) is 3.64. The van der Waals surface area contributed by atoms with Crippen LogP contribution in [0.3, 0.4) is 0 Å². The number of nitrogens with two attached hydrogens (primary N) is 1. The molecule has 0 aliphatic rings. The topological polar surface area (TPSA) is 65.2 Å². The standard InChI is InChI=1S/C13H11FN2O2/c1-18-12-6-8(2-3-10(12)14)13(17)9-7-16-5-4-11(9)15/h2-7H,1H3,(H2,15,16). The molecule has 0 saturated carbocycles. The van der Waals surface area contributed by atoms with Crippen molar-refractivity contribution >= 4 is 11.5 Å². The van der Waals surface area contributed by atoms with Gasteiger partial charge in [0.1, 0.15) is 0 Å². The first-order chi connectivity index (χ1) is 8.63. The maximum atomic E-state index is 13.2. The lowest BCUT2D eigenvalue weighted by molar-refractivity contribution is 0.103. The number of carbonyl (C=O) groups is 1. The van der Waals surface area contributed by atoms with E-state index in [0.29, 0.717) is 11.3 Å². The fourth-order valence-electron chi connectivity index (χ4n) is 1.55. The minimum absolute atomic E-state index is 0.0170. The summed E-state index contributed by atoms with van der Waals surface area (Å²) in [6.07, 6.45) is 2.88. The van der Waals surface area contributed by atoms with Gasteiger partial charge in [0.05, 0.1) is 12.7 Å². The van der Waals surface area contributed by atoms with Crippen molar-refractivity contribution in [3.8, 4) is 5.75 Å².